The van der Waals surface area contributed by atoms with E-state index < -0.39 is 0 Å². The number of rotatable bonds is 5. The first-order valence-corrected chi connectivity index (χ1v) is 8.18. The number of amides is 1. The van der Waals surface area contributed by atoms with Crippen LogP contribution >= 0.6 is 0 Å². The minimum absolute atomic E-state index is 0.0984. The van der Waals surface area contributed by atoms with E-state index in [0.717, 1.165) is 36.5 Å². The summed E-state index contributed by atoms with van der Waals surface area (Å²) in [5.74, 6) is 1.19. The monoisotopic (exact) mass is 313 g/mol. The maximum absolute atomic E-state index is 12.2. The molecule has 0 aliphatic carbocycles. The highest BCUT2D eigenvalue weighted by atomic mass is 16.5. The fourth-order valence-electron chi connectivity index (χ4n) is 2.96. The van der Waals surface area contributed by atoms with Crippen molar-refractivity contribution in [3.63, 3.8) is 0 Å². The van der Waals surface area contributed by atoms with Crippen molar-refractivity contribution in [2.24, 2.45) is 5.92 Å². The van der Waals surface area contributed by atoms with Crippen LogP contribution in [0.25, 0.3) is 11.4 Å². The van der Waals surface area contributed by atoms with E-state index in [1.54, 1.807) is 0 Å². The van der Waals surface area contributed by atoms with Crippen molar-refractivity contribution in [1.82, 2.24) is 14.9 Å². The Balaban J connectivity index is 1.60. The van der Waals surface area contributed by atoms with E-state index in [1.807, 2.05) is 31.3 Å². The first kappa shape index (κ1) is 15.7. The third-order valence-corrected chi connectivity index (χ3v) is 4.31. The van der Waals surface area contributed by atoms with Crippen LogP contribution in [0, 0.1) is 12.8 Å². The van der Waals surface area contributed by atoms with Crippen molar-refractivity contribution in [2.45, 2.75) is 26.3 Å². The van der Waals surface area contributed by atoms with Crippen molar-refractivity contribution in [3.05, 3.63) is 42.2 Å². The molecular formula is C18H23N3O2. The molecule has 1 aromatic carbocycles. The Bertz CT molecular complexity index is 646. The number of imidazole rings is 1. The molecule has 3 rings (SSSR count). The largest absolute Gasteiger partial charge is 0.381 e. The molecule has 0 saturated carbocycles. The number of benzene rings is 1. The van der Waals surface area contributed by atoms with Gasteiger partial charge in [0.15, 0.2) is 0 Å². The van der Waals surface area contributed by atoms with Gasteiger partial charge in [-0.3, -0.25) is 4.79 Å². The van der Waals surface area contributed by atoms with Crippen LogP contribution in [-0.4, -0.2) is 35.2 Å². The van der Waals surface area contributed by atoms with E-state index in [2.05, 4.69) is 27.0 Å². The Morgan fingerprint density at radius 2 is 2.04 bits per heavy atom. The number of nitrogens with one attached hydrogen (secondary N) is 1. The fraction of sp³-hybridized carbons (Fsp3) is 0.444. The van der Waals surface area contributed by atoms with Gasteiger partial charge in [0.05, 0.1) is 0 Å². The second-order valence-corrected chi connectivity index (χ2v) is 5.92. The summed E-state index contributed by atoms with van der Waals surface area (Å²) in [6, 6.07) is 10.1. The number of aromatic nitrogens is 2. The SMILES string of the molecule is Cc1cnc(-c2ccccc2)n1CCNC(=O)C1CCOCC1. The summed E-state index contributed by atoms with van der Waals surface area (Å²) in [5, 5.41) is 3.05. The van der Waals surface area contributed by atoms with Crippen LogP contribution in [0.15, 0.2) is 36.5 Å². The topological polar surface area (TPSA) is 56.2 Å². The molecule has 23 heavy (non-hydrogen) atoms. The summed E-state index contributed by atoms with van der Waals surface area (Å²) in [6.07, 6.45) is 3.53. The molecule has 1 aliphatic rings. The van der Waals surface area contributed by atoms with Crippen molar-refractivity contribution in [3.8, 4) is 11.4 Å². The summed E-state index contributed by atoms with van der Waals surface area (Å²) in [6.45, 7) is 4.77. The predicted octanol–water partition coefficient (Wildman–Crippen LogP) is 2.40. The van der Waals surface area contributed by atoms with E-state index in [0.29, 0.717) is 19.8 Å². The van der Waals surface area contributed by atoms with Gasteiger partial charge in [-0.05, 0) is 19.8 Å². The molecule has 1 N–H and O–H groups in total. The molecule has 1 aromatic heterocycles. The molecule has 1 saturated heterocycles. The van der Waals surface area contributed by atoms with Gasteiger partial charge in [0, 0.05) is 49.7 Å². The van der Waals surface area contributed by atoms with Crippen molar-refractivity contribution < 1.29 is 9.53 Å². The van der Waals surface area contributed by atoms with E-state index in [4.69, 9.17) is 4.74 Å². The molecular weight excluding hydrogens is 290 g/mol. The number of hydrogen-bond acceptors (Lipinski definition) is 3. The summed E-state index contributed by atoms with van der Waals surface area (Å²) < 4.78 is 7.45. The van der Waals surface area contributed by atoms with Gasteiger partial charge in [-0.15, -0.1) is 0 Å². The van der Waals surface area contributed by atoms with Gasteiger partial charge in [0.25, 0.3) is 0 Å². The molecule has 0 spiro atoms. The van der Waals surface area contributed by atoms with E-state index in [1.165, 1.54) is 0 Å². The number of ether oxygens (including phenoxy) is 1. The summed E-state index contributed by atoms with van der Waals surface area (Å²) in [7, 11) is 0. The van der Waals surface area contributed by atoms with Crippen molar-refractivity contribution in [2.75, 3.05) is 19.8 Å². The molecule has 5 nitrogen and oxygen atoms in total. The lowest BCUT2D eigenvalue weighted by atomic mass is 9.99. The van der Waals surface area contributed by atoms with Gasteiger partial charge < -0.3 is 14.6 Å². The molecule has 2 aromatic rings. The molecule has 0 radical (unpaired) electrons. The van der Waals surface area contributed by atoms with Gasteiger partial charge >= 0.3 is 0 Å². The van der Waals surface area contributed by atoms with E-state index >= 15 is 0 Å². The minimum Gasteiger partial charge on any atom is -0.381 e. The Hall–Kier alpha value is -2.14. The first-order chi connectivity index (χ1) is 11.3. The Morgan fingerprint density at radius 1 is 1.30 bits per heavy atom. The highest BCUT2D eigenvalue weighted by Gasteiger charge is 2.21. The molecule has 2 heterocycles. The zero-order chi connectivity index (χ0) is 16.1. The number of carbonyl (C=O) groups excluding carboxylic acids is 1. The molecule has 0 atom stereocenters. The Kier molecular flexibility index (Phi) is 5.08. The molecule has 122 valence electrons. The van der Waals surface area contributed by atoms with Crippen LogP contribution in [0.5, 0.6) is 0 Å². The minimum atomic E-state index is 0.0984. The van der Waals surface area contributed by atoms with Gasteiger partial charge in [0.2, 0.25) is 5.91 Å². The third-order valence-electron chi connectivity index (χ3n) is 4.31. The number of hydrogen-bond donors (Lipinski definition) is 1. The van der Waals surface area contributed by atoms with E-state index in [9.17, 15) is 4.79 Å². The zero-order valence-corrected chi connectivity index (χ0v) is 13.5. The second-order valence-electron chi connectivity index (χ2n) is 5.92. The van der Waals surface area contributed by atoms with Crippen LogP contribution in [-0.2, 0) is 16.1 Å². The van der Waals surface area contributed by atoms with Gasteiger partial charge in [-0.25, -0.2) is 4.98 Å². The highest BCUT2D eigenvalue weighted by molar-refractivity contribution is 5.78. The maximum atomic E-state index is 12.2. The van der Waals surface area contributed by atoms with Gasteiger partial charge in [-0.1, -0.05) is 30.3 Å². The standard InChI is InChI=1S/C18H23N3O2/c1-14-13-20-17(15-5-3-2-4-6-15)21(14)10-9-19-18(22)16-7-11-23-12-8-16/h2-6,13,16H,7-12H2,1H3,(H,19,22). The second kappa shape index (κ2) is 7.42. The average Bonchev–Trinajstić information content (AvgIpc) is 2.97. The normalized spacial score (nSPS) is 15.5. The summed E-state index contributed by atoms with van der Waals surface area (Å²) in [5.41, 5.74) is 2.19. The van der Waals surface area contributed by atoms with Crippen molar-refractivity contribution >= 4 is 5.91 Å². The van der Waals surface area contributed by atoms with Crippen LogP contribution in [0.4, 0.5) is 0 Å². The van der Waals surface area contributed by atoms with Crippen LogP contribution in [0.2, 0.25) is 0 Å². The van der Waals surface area contributed by atoms with Crippen LogP contribution in [0.3, 0.4) is 0 Å². The molecule has 1 amide bonds. The van der Waals surface area contributed by atoms with Crippen LogP contribution < -0.4 is 5.32 Å². The maximum Gasteiger partial charge on any atom is 0.223 e. The molecule has 1 aliphatic heterocycles. The quantitative estimate of drug-likeness (QED) is 0.922. The predicted molar refractivity (Wildman–Crippen MR) is 89.0 cm³/mol. The lowest BCUT2D eigenvalue weighted by molar-refractivity contribution is -0.127. The first-order valence-electron chi connectivity index (χ1n) is 8.18. The summed E-state index contributed by atoms with van der Waals surface area (Å²) in [4.78, 5) is 16.7. The molecule has 5 heteroatoms. The van der Waals surface area contributed by atoms with Crippen molar-refractivity contribution in [1.29, 1.82) is 0 Å². The zero-order valence-electron chi connectivity index (χ0n) is 13.5. The van der Waals surface area contributed by atoms with Crippen LogP contribution in [0.1, 0.15) is 18.5 Å². The highest BCUT2D eigenvalue weighted by Crippen LogP contribution is 2.19. The molecule has 0 bridgehead atoms. The van der Waals surface area contributed by atoms with Gasteiger partial charge in [0.1, 0.15) is 5.82 Å². The third kappa shape index (κ3) is 3.79. The smallest absolute Gasteiger partial charge is 0.223 e. The fourth-order valence-corrected chi connectivity index (χ4v) is 2.96. The Labute approximate surface area is 136 Å². The number of nitrogens with zero attached hydrogens (tertiary/aromatic N) is 2. The molecule has 0 unspecified atom stereocenters. The molecule has 1 fully saturated rings. The lowest BCUT2D eigenvalue weighted by Crippen LogP contribution is -2.36. The average molecular weight is 313 g/mol. The van der Waals surface area contributed by atoms with Gasteiger partial charge in [-0.2, -0.15) is 0 Å². The summed E-state index contributed by atoms with van der Waals surface area (Å²) >= 11 is 0. The number of carbonyl (C=O) groups is 1. The lowest BCUT2D eigenvalue weighted by Gasteiger charge is -2.21. The van der Waals surface area contributed by atoms with E-state index in [-0.39, 0.29) is 11.8 Å². The Morgan fingerprint density at radius 3 is 2.78 bits per heavy atom. The number of aryl methyl sites for hydroxylation is 1.